The SMILES string of the molecule is CC(C)(C)OC(=O)N1CC(CSCC2CC2)C1. The Bertz CT molecular complexity index is 278. The third-order valence-electron chi connectivity index (χ3n) is 3.01. The molecule has 2 rings (SSSR count). The van der Waals surface area contributed by atoms with Crippen LogP contribution in [0.3, 0.4) is 0 Å². The van der Waals surface area contributed by atoms with E-state index in [1.165, 1.54) is 24.3 Å². The van der Waals surface area contributed by atoms with Crippen molar-refractivity contribution in [1.29, 1.82) is 0 Å². The van der Waals surface area contributed by atoms with Gasteiger partial charge in [-0.2, -0.15) is 11.8 Å². The lowest BCUT2D eigenvalue weighted by atomic mass is 10.0. The number of nitrogens with zero attached hydrogens (tertiary/aromatic N) is 1. The van der Waals surface area contributed by atoms with Crippen molar-refractivity contribution >= 4 is 17.9 Å². The molecule has 1 heterocycles. The van der Waals surface area contributed by atoms with Gasteiger partial charge in [0.1, 0.15) is 5.60 Å². The minimum absolute atomic E-state index is 0.152. The van der Waals surface area contributed by atoms with Crippen LogP contribution in [0.1, 0.15) is 33.6 Å². The summed E-state index contributed by atoms with van der Waals surface area (Å²) in [4.78, 5) is 13.5. The van der Waals surface area contributed by atoms with E-state index < -0.39 is 0 Å². The van der Waals surface area contributed by atoms with Crippen LogP contribution in [0.15, 0.2) is 0 Å². The first-order valence-electron chi connectivity index (χ1n) is 6.50. The molecule has 0 spiro atoms. The Balaban J connectivity index is 1.56. The van der Waals surface area contributed by atoms with Gasteiger partial charge >= 0.3 is 6.09 Å². The van der Waals surface area contributed by atoms with Gasteiger partial charge in [0, 0.05) is 19.0 Å². The highest BCUT2D eigenvalue weighted by Gasteiger charge is 2.33. The van der Waals surface area contributed by atoms with Gasteiger partial charge in [-0.25, -0.2) is 4.79 Å². The molecule has 0 atom stereocenters. The number of carbonyl (C=O) groups is 1. The van der Waals surface area contributed by atoms with Gasteiger partial charge < -0.3 is 9.64 Å². The summed E-state index contributed by atoms with van der Waals surface area (Å²) in [7, 11) is 0. The van der Waals surface area contributed by atoms with Gasteiger partial charge in [-0.05, 0) is 51.0 Å². The van der Waals surface area contributed by atoms with Crippen molar-refractivity contribution < 1.29 is 9.53 Å². The summed E-state index contributed by atoms with van der Waals surface area (Å²) in [5.74, 6) is 4.21. The van der Waals surface area contributed by atoms with Gasteiger partial charge in [-0.15, -0.1) is 0 Å². The maximum Gasteiger partial charge on any atom is 0.410 e. The average molecular weight is 257 g/mol. The number of carbonyl (C=O) groups excluding carboxylic acids is 1. The van der Waals surface area contributed by atoms with Crippen LogP contribution in [-0.4, -0.2) is 41.2 Å². The molecule has 0 unspecified atom stereocenters. The Morgan fingerprint density at radius 1 is 1.24 bits per heavy atom. The Morgan fingerprint density at radius 3 is 2.35 bits per heavy atom. The highest BCUT2D eigenvalue weighted by Crippen LogP contribution is 2.33. The van der Waals surface area contributed by atoms with Crippen molar-refractivity contribution in [3.63, 3.8) is 0 Å². The quantitative estimate of drug-likeness (QED) is 0.775. The topological polar surface area (TPSA) is 29.5 Å². The minimum atomic E-state index is -0.372. The summed E-state index contributed by atoms with van der Waals surface area (Å²) >= 11 is 2.06. The second kappa shape index (κ2) is 5.09. The molecular formula is C13H23NO2S. The van der Waals surface area contributed by atoms with Crippen LogP contribution in [0.25, 0.3) is 0 Å². The zero-order valence-electron chi connectivity index (χ0n) is 11.1. The molecule has 3 nitrogen and oxygen atoms in total. The molecule has 2 aliphatic rings. The summed E-state index contributed by atoms with van der Waals surface area (Å²) in [6.45, 7) is 7.49. The van der Waals surface area contributed by atoms with Crippen LogP contribution in [0.5, 0.6) is 0 Å². The molecule has 4 heteroatoms. The first-order valence-corrected chi connectivity index (χ1v) is 7.65. The fraction of sp³-hybridized carbons (Fsp3) is 0.923. The lowest BCUT2D eigenvalue weighted by Gasteiger charge is -2.39. The number of amides is 1. The molecule has 0 aromatic heterocycles. The van der Waals surface area contributed by atoms with E-state index in [0.717, 1.165) is 19.0 Å². The number of hydrogen-bond acceptors (Lipinski definition) is 3. The van der Waals surface area contributed by atoms with Gasteiger partial charge in [-0.3, -0.25) is 0 Å². The van der Waals surface area contributed by atoms with E-state index in [1.54, 1.807) is 0 Å². The van der Waals surface area contributed by atoms with Crippen LogP contribution in [0.4, 0.5) is 4.79 Å². The molecule has 1 aliphatic heterocycles. The molecule has 17 heavy (non-hydrogen) atoms. The zero-order valence-corrected chi connectivity index (χ0v) is 11.9. The predicted octanol–water partition coefficient (Wildman–Crippen LogP) is 3.00. The number of likely N-dealkylation sites (tertiary alicyclic amines) is 1. The molecule has 1 saturated heterocycles. The van der Waals surface area contributed by atoms with Gasteiger partial charge in [0.15, 0.2) is 0 Å². The number of hydrogen-bond donors (Lipinski definition) is 0. The summed E-state index contributed by atoms with van der Waals surface area (Å²) in [6.07, 6.45) is 2.71. The molecule has 2 fully saturated rings. The summed E-state index contributed by atoms with van der Waals surface area (Å²) in [5.41, 5.74) is -0.372. The van der Waals surface area contributed by atoms with E-state index in [1.807, 2.05) is 25.7 Å². The van der Waals surface area contributed by atoms with Crippen LogP contribution < -0.4 is 0 Å². The molecule has 0 aromatic carbocycles. The van der Waals surface area contributed by atoms with Crippen LogP contribution in [0, 0.1) is 11.8 Å². The summed E-state index contributed by atoms with van der Waals surface area (Å²) in [6, 6.07) is 0. The molecule has 98 valence electrons. The second-order valence-corrected chi connectivity index (χ2v) is 7.31. The van der Waals surface area contributed by atoms with Crippen molar-refractivity contribution in [2.45, 2.75) is 39.2 Å². The largest absolute Gasteiger partial charge is 0.444 e. The van der Waals surface area contributed by atoms with Crippen molar-refractivity contribution in [3.8, 4) is 0 Å². The van der Waals surface area contributed by atoms with Crippen LogP contribution in [-0.2, 0) is 4.74 Å². The van der Waals surface area contributed by atoms with E-state index in [0.29, 0.717) is 5.92 Å². The van der Waals surface area contributed by atoms with Crippen LogP contribution >= 0.6 is 11.8 Å². The van der Waals surface area contributed by atoms with E-state index in [2.05, 4.69) is 11.8 Å². The second-order valence-electron chi connectivity index (χ2n) is 6.23. The highest BCUT2D eigenvalue weighted by atomic mass is 32.2. The molecular weight excluding hydrogens is 234 g/mol. The maximum atomic E-state index is 11.7. The standard InChI is InChI=1S/C13H23NO2S/c1-13(2,3)16-12(15)14-6-11(7-14)9-17-8-10-4-5-10/h10-11H,4-9H2,1-3H3. The lowest BCUT2D eigenvalue weighted by molar-refractivity contribution is 0.00215. The number of ether oxygens (including phenoxy) is 1. The summed E-state index contributed by atoms with van der Waals surface area (Å²) in [5, 5.41) is 0. The molecule has 0 N–H and O–H groups in total. The van der Waals surface area contributed by atoms with E-state index in [4.69, 9.17) is 4.74 Å². The van der Waals surface area contributed by atoms with Crippen molar-refractivity contribution in [2.75, 3.05) is 24.6 Å². The molecule has 0 radical (unpaired) electrons. The monoisotopic (exact) mass is 257 g/mol. The molecule has 0 aromatic rings. The highest BCUT2D eigenvalue weighted by molar-refractivity contribution is 7.99. The first kappa shape index (κ1) is 13.1. The van der Waals surface area contributed by atoms with Crippen molar-refractivity contribution in [1.82, 2.24) is 4.90 Å². The molecule has 1 saturated carbocycles. The Hall–Kier alpha value is -0.380. The summed E-state index contributed by atoms with van der Waals surface area (Å²) < 4.78 is 5.32. The van der Waals surface area contributed by atoms with E-state index >= 15 is 0 Å². The third kappa shape index (κ3) is 4.41. The normalized spacial score (nSPS) is 21.2. The third-order valence-corrected chi connectivity index (χ3v) is 4.43. The van der Waals surface area contributed by atoms with Gasteiger partial charge in [0.25, 0.3) is 0 Å². The van der Waals surface area contributed by atoms with Crippen molar-refractivity contribution in [2.24, 2.45) is 11.8 Å². The van der Waals surface area contributed by atoms with Gasteiger partial charge in [0.2, 0.25) is 0 Å². The van der Waals surface area contributed by atoms with Crippen molar-refractivity contribution in [3.05, 3.63) is 0 Å². The van der Waals surface area contributed by atoms with Crippen LogP contribution in [0.2, 0.25) is 0 Å². The molecule has 1 aliphatic carbocycles. The Labute approximate surface area is 108 Å². The Kier molecular flexibility index (Phi) is 3.91. The van der Waals surface area contributed by atoms with E-state index in [-0.39, 0.29) is 11.7 Å². The average Bonchev–Trinajstić information content (AvgIpc) is 2.88. The zero-order chi connectivity index (χ0) is 12.5. The van der Waals surface area contributed by atoms with Gasteiger partial charge in [0.05, 0.1) is 0 Å². The molecule has 1 amide bonds. The predicted molar refractivity (Wildman–Crippen MR) is 71.3 cm³/mol. The van der Waals surface area contributed by atoms with Gasteiger partial charge in [-0.1, -0.05) is 0 Å². The first-order chi connectivity index (χ1) is 7.94. The minimum Gasteiger partial charge on any atom is -0.444 e. The Morgan fingerprint density at radius 2 is 1.82 bits per heavy atom. The van der Waals surface area contributed by atoms with E-state index in [9.17, 15) is 4.79 Å². The maximum absolute atomic E-state index is 11.7. The number of rotatable bonds is 4. The lowest BCUT2D eigenvalue weighted by Crippen LogP contribution is -2.52. The molecule has 0 bridgehead atoms. The number of thioether (sulfide) groups is 1. The fourth-order valence-electron chi connectivity index (χ4n) is 1.84. The smallest absolute Gasteiger partial charge is 0.410 e. The fourth-order valence-corrected chi connectivity index (χ4v) is 3.18.